The summed E-state index contributed by atoms with van der Waals surface area (Å²) in [6.45, 7) is 6.11. The third-order valence-corrected chi connectivity index (χ3v) is 5.63. The molecule has 1 saturated heterocycles. The van der Waals surface area contributed by atoms with Gasteiger partial charge in [-0.1, -0.05) is 6.07 Å². The normalized spacial score (nSPS) is 14.6. The van der Waals surface area contributed by atoms with Crippen LogP contribution in [0.4, 0.5) is 10.1 Å². The second-order valence-electron chi connectivity index (χ2n) is 7.34. The number of hydrogen-bond donors (Lipinski definition) is 0. The van der Waals surface area contributed by atoms with Gasteiger partial charge in [0.15, 0.2) is 0 Å². The lowest BCUT2D eigenvalue weighted by Gasteiger charge is -2.36. The third kappa shape index (κ3) is 3.88. The highest BCUT2D eigenvalue weighted by Gasteiger charge is 2.21. The fraction of sp³-hybridized carbons (Fsp3) is 0.348. The molecule has 1 aromatic heterocycles. The molecule has 3 aromatic rings. The van der Waals surface area contributed by atoms with Gasteiger partial charge in [0.05, 0.1) is 0 Å². The topological polar surface area (TPSA) is 28.5 Å². The number of aromatic nitrogens is 1. The summed E-state index contributed by atoms with van der Waals surface area (Å²) in [6, 6.07) is 15.2. The van der Waals surface area contributed by atoms with Crippen LogP contribution in [0.2, 0.25) is 0 Å². The van der Waals surface area contributed by atoms with Crippen molar-refractivity contribution in [3.63, 3.8) is 0 Å². The number of fused-ring (bicyclic) bond motifs is 1. The number of amides is 1. The zero-order chi connectivity index (χ0) is 19.5. The number of anilines is 1. The Balaban J connectivity index is 1.30. The molecule has 4 rings (SSSR count). The van der Waals surface area contributed by atoms with Crippen molar-refractivity contribution in [2.75, 3.05) is 31.1 Å². The van der Waals surface area contributed by atoms with Gasteiger partial charge in [0.1, 0.15) is 5.82 Å². The highest BCUT2D eigenvalue weighted by Crippen LogP contribution is 2.20. The van der Waals surface area contributed by atoms with Crippen molar-refractivity contribution in [1.82, 2.24) is 9.47 Å². The fourth-order valence-electron chi connectivity index (χ4n) is 3.96. The summed E-state index contributed by atoms with van der Waals surface area (Å²) in [5, 5.41) is 1.24. The summed E-state index contributed by atoms with van der Waals surface area (Å²) < 4.78 is 15.3. The number of halogens is 1. The van der Waals surface area contributed by atoms with E-state index >= 15 is 0 Å². The third-order valence-electron chi connectivity index (χ3n) is 5.63. The molecular weight excluding hydrogens is 353 g/mol. The summed E-state index contributed by atoms with van der Waals surface area (Å²) in [5.74, 6) is -0.00741. The molecule has 0 aliphatic carbocycles. The summed E-state index contributed by atoms with van der Waals surface area (Å²) in [4.78, 5) is 16.8. The van der Waals surface area contributed by atoms with Crippen molar-refractivity contribution >= 4 is 22.5 Å². The van der Waals surface area contributed by atoms with Gasteiger partial charge in [0.25, 0.3) is 0 Å². The molecule has 0 unspecified atom stereocenters. The molecule has 0 N–H and O–H groups in total. The van der Waals surface area contributed by atoms with Crippen LogP contribution in [-0.2, 0) is 17.8 Å². The maximum absolute atomic E-state index is 13.1. The second kappa shape index (κ2) is 8.05. The van der Waals surface area contributed by atoms with Crippen LogP contribution in [0, 0.1) is 5.82 Å². The molecule has 0 saturated carbocycles. The van der Waals surface area contributed by atoms with Gasteiger partial charge < -0.3 is 14.4 Å². The Morgan fingerprint density at radius 2 is 1.75 bits per heavy atom. The second-order valence-corrected chi connectivity index (χ2v) is 7.34. The Morgan fingerprint density at radius 1 is 1.00 bits per heavy atom. The van der Waals surface area contributed by atoms with Crippen LogP contribution in [0.15, 0.2) is 54.7 Å². The van der Waals surface area contributed by atoms with Crippen molar-refractivity contribution in [2.24, 2.45) is 0 Å². The summed E-state index contributed by atoms with van der Waals surface area (Å²) in [6.07, 6.45) is 3.42. The van der Waals surface area contributed by atoms with Gasteiger partial charge in [-0.15, -0.1) is 0 Å². The van der Waals surface area contributed by atoms with Crippen molar-refractivity contribution < 1.29 is 9.18 Å². The van der Waals surface area contributed by atoms with Gasteiger partial charge in [0, 0.05) is 56.5 Å². The highest BCUT2D eigenvalue weighted by atomic mass is 19.1. The van der Waals surface area contributed by atoms with Crippen molar-refractivity contribution in [3.8, 4) is 0 Å². The largest absolute Gasteiger partial charge is 0.368 e. The molecule has 0 spiro atoms. The predicted octanol–water partition coefficient (Wildman–Crippen LogP) is 4.08. The van der Waals surface area contributed by atoms with E-state index in [0.29, 0.717) is 19.5 Å². The maximum atomic E-state index is 13.1. The average Bonchev–Trinajstić information content (AvgIpc) is 3.15. The summed E-state index contributed by atoms with van der Waals surface area (Å²) in [5.41, 5.74) is 3.47. The van der Waals surface area contributed by atoms with E-state index in [2.05, 4.69) is 46.9 Å². The number of carbonyl (C=O) groups is 1. The zero-order valence-electron chi connectivity index (χ0n) is 16.3. The Bertz CT molecular complexity index is 956. The predicted molar refractivity (Wildman–Crippen MR) is 111 cm³/mol. The minimum atomic E-state index is -0.220. The zero-order valence-corrected chi connectivity index (χ0v) is 16.3. The minimum Gasteiger partial charge on any atom is -0.368 e. The smallest absolute Gasteiger partial charge is 0.223 e. The monoisotopic (exact) mass is 379 g/mol. The molecule has 146 valence electrons. The number of aryl methyl sites for hydroxylation is 2. The molecule has 1 aliphatic heterocycles. The summed E-state index contributed by atoms with van der Waals surface area (Å²) >= 11 is 0. The van der Waals surface area contributed by atoms with Crippen LogP contribution in [-0.4, -0.2) is 41.6 Å². The molecule has 0 atom stereocenters. The first-order valence-electron chi connectivity index (χ1n) is 10.00. The molecule has 1 aliphatic rings. The van der Waals surface area contributed by atoms with Gasteiger partial charge in [-0.05, 0) is 66.8 Å². The van der Waals surface area contributed by atoms with E-state index in [1.165, 1.54) is 28.6 Å². The molecule has 0 bridgehead atoms. The van der Waals surface area contributed by atoms with Crippen LogP contribution >= 0.6 is 0 Å². The highest BCUT2D eigenvalue weighted by molar-refractivity contribution is 5.81. The van der Waals surface area contributed by atoms with Crippen LogP contribution in [0.3, 0.4) is 0 Å². The first-order chi connectivity index (χ1) is 13.6. The number of carbonyl (C=O) groups excluding carboxylic acids is 1. The van der Waals surface area contributed by atoms with Gasteiger partial charge in [-0.3, -0.25) is 4.79 Å². The first kappa shape index (κ1) is 18.5. The molecule has 0 radical (unpaired) electrons. The molecule has 1 amide bonds. The van der Waals surface area contributed by atoms with E-state index in [0.717, 1.165) is 31.7 Å². The van der Waals surface area contributed by atoms with Crippen molar-refractivity contribution in [2.45, 2.75) is 26.3 Å². The van der Waals surface area contributed by atoms with E-state index in [-0.39, 0.29) is 11.7 Å². The van der Waals surface area contributed by atoms with Gasteiger partial charge in [-0.25, -0.2) is 4.39 Å². The van der Waals surface area contributed by atoms with Gasteiger partial charge >= 0.3 is 0 Å². The number of piperazine rings is 1. The SMILES string of the molecule is CCn1ccc2cc(CCC(=O)N3CCN(c4ccc(F)cc4)CC3)ccc21. The average molecular weight is 379 g/mol. The van der Waals surface area contributed by atoms with E-state index < -0.39 is 0 Å². The van der Waals surface area contributed by atoms with Crippen LogP contribution in [0.5, 0.6) is 0 Å². The lowest BCUT2D eigenvalue weighted by Crippen LogP contribution is -2.48. The van der Waals surface area contributed by atoms with E-state index in [1.54, 1.807) is 12.1 Å². The molecule has 2 aromatic carbocycles. The van der Waals surface area contributed by atoms with Crippen LogP contribution < -0.4 is 4.90 Å². The summed E-state index contributed by atoms with van der Waals surface area (Å²) in [7, 11) is 0. The van der Waals surface area contributed by atoms with E-state index in [1.807, 2.05) is 4.90 Å². The molecule has 28 heavy (non-hydrogen) atoms. The van der Waals surface area contributed by atoms with E-state index in [9.17, 15) is 9.18 Å². The lowest BCUT2D eigenvalue weighted by molar-refractivity contribution is -0.131. The molecule has 1 fully saturated rings. The molecular formula is C23H26FN3O. The lowest BCUT2D eigenvalue weighted by atomic mass is 10.1. The Kier molecular flexibility index (Phi) is 5.33. The standard InChI is InChI=1S/C23H26FN3O/c1-2-25-12-11-19-17-18(3-9-22(19)25)4-10-23(28)27-15-13-26(14-16-27)21-7-5-20(24)6-8-21/h3,5-9,11-12,17H,2,4,10,13-16H2,1H3. The minimum absolute atomic E-state index is 0.213. The van der Waals surface area contributed by atoms with Crippen LogP contribution in [0.1, 0.15) is 18.9 Å². The van der Waals surface area contributed by atoms with Crippen LogP contribution in [0.25, 0.3) is 10.9 Å². The van der Waals surface area contributed by atoms with Gasteiger partial charge in [0.2, 0.25) is 5.91 Å². The Hall–Kier alpha value is -2.82. The van der Waals surface area contributed by atoms with Gasteiger partial charge in [-0.2, -0.15) is 0 Å². The number of benzene rings is 2. The quantitative estimate of drug-likeness (QED) is 0.668. The first-order valence-corrected chi connectivity index (χ1v) is 10.00. The number of hydrogen-bond acceptors (Lipinski definition) is 2. The number of nitrogens with zero attached hydrogens (tertiary/aromatic N) is 3. The van der Waals surface area contributed by atoms with Crippen molar-refractivity contribution in [3.05, 3.63) is 66.1 Å². The Morgan fingerprint density at radius 3 is 2.46 bits per heavy atom. The molecule has 2 heterocycles. The van der Waals surface area contributed by atoms with Crippen molar-refractivity contribution in [1.29, 1.82) is 0 Å². The molecule has 5 heteroatoms. The maximum Gasteiger partial charge on any atom is 0.223 e. The fourth-order valence-corrected chi connectivity index (χ4v) is 3.96. The molecule has 4 nitrogen and oxygen atoms in total. The Labute approximate surface area is 165 Å². The van der Waals surface area contributed by atoms with E-state index in [4.69, 9.17) is 0 Å². The number of rotatable bonds is 5.